The lowest BCUT2D eigenvalue weighted by Crippen LogP contribution is -2.43. The topological polar surface area (TPSA) is 53.3 Å². The summed E-state index contributed by atoms with van der Waals surface area (Å²) in [5.74, 6) is -1.38. The van der Waals surface area contributed by atoms with Crippen LogP contribution in [-0.4, -0.2) is 29.7 Å². The summed E-state index contributed by atoms with van der Waals surface area (Å²) in [6, 6.07) is 19.7. The van der Waals surface area contributed by atoms with Crippen LogP contribution in [0.25, 0.3) is 16.7 Å². The van der Waals surface area contributed by atoms with Gasteiger partial charge in [0.1, 0.15) is 24.3 Å². The van der Waals surface area contributed by atoms with E-state index in [-0.39, 0.29) is 41.8 Å². The molecule has 2 bridgehead atoms. The smallest absolute Gasteiger partial charge is 0.410 e. The average molecular weight is 469 g/mol. The van der Waals surface area contributed by atoms with Crippen LogP contribution in [0.3, 0.4) is 0 Å². The minimum Gasteiger partial charge on any atom is -0.448 e. The van der Waals surface area contributed by atoms with Crippen LogP contribution in [0.1, 0.15) is 47.4 Å². The minimum atomic E-state index is -0.740. The first kappa shape index (κ1) is 21.5. The van der Waals surface area contributed by atoms with E-state index in [1.807, 2.05) is 30.3 Å². The second-order valence-electron chi connectivity index (χ2n) is 9.33. The maximum absolute atomic E-state index is 14.6. The van der Waals surface area contributed by atoms with Crippen molar-refractivity contribution in [3.05, 3.63) is 101 Å². The van der Waals surface area contributed by atoms with Gasteiger partial charge in [0, 0.05) is 17.5 Å². The third kappa shape index (κ3) is 3.50. The number of nitriles is 1. The van der Waals surface area contributed by atoms with E-state index in [1.54, 1.807) is 11.0 Å². The Kier molecular flexibility index (Phi) is 5.14. The summed E-state index contributed by atoms with van der Waals surface area (Å²) in [7, 11) is 0. The van der Waals surface area contributed by atoms with Crippen LogP contribution in [0.2, 0.25) is 0 Å². The Morgan fingerprint density at radius 2 is 1.66 bits per heavy atom. The molecule has 3 aromatic carbocycles. The van der Waals surface area contributed by atoms with E-state index in [4.69, 9.17) is 10.00 Å². The molecule has 4 nitrogen and oxygen atoms in total. The predicted molar refractivity (Wildman–Crippen MR) is 127 cm³/mol. The van der Waals surface area contributed by atoms with Gasteiger partial charge in [0.15, 0.2) is 0 Å². The molecular formula is C29H22F2N2O2. The molecule has 3 aromatic rings. The van der Waals surface area contributed by atoms with Crippen LogP contribution in [0.4, 0.5) is 13.6 Å². The number of amides is 1. The first-order valence-electron chi connectivity index (χ1n) is 11.8. The highest BCUT2D eigenvalue weighted by atomic mass is 19.1. The fraction of sp³-hybridized carbons (Fsp3) is 0.241. The van der Waals surface area contributed by atoms with Gasteiger partial charge < -0.3 is 4.74 Å². The monoisotopic (exact) mass is 468 g/mol. The first-order valence-corrected chi connectivity index (χ1v) is 11.8. The van der Waals surface area contributed by atoms with Gasteiger partial charge in [-0.3, -0.25) is 4.90 Å². The largest absolute Gasteiger partial charge is 0.448 e. The van der Waals surface area contributed by atoms with Crippen molar-refractivity contribution in [2.45, 2.75) is 37.3 Å². The summed E-state index contributed by atoms with van der Waals surface area (Å²) >= 11 is 0. The van der Waals surface area contributed by atoms with E-state index in [0.717, 1.165) is 36.1 Å². The van der Waals surface area contributed by atoms with Gasteiger partial charge in [-0.1, -0.05) is 54.6 Å². The Balaban J connectivity index is 1.21. The summed E-state index contributed by atoms with van der Waals surface area (Å²) in [5, 5.41) is 8.94. The van der Waals surface area contributed by atoms with Crippen molar-refractivity contribution in [3.8, 4) is 17.2 Å². The minimum absolute atomic E-state index is 0.0179. The maximum atomic E-state index is 14.6. The quantitative estimate of drug-likeness (QED) is 0.447. The molecule has 1 amide bonds. The number of rotatable bonds is 3. The Bertz CT molecular complexity index is 1380. The van der Waals surface area contributed by atoms with Crippen molar-refractivity contribution >= 4 is 11.7 Å². The van der Waals surface area contributed by atoms with Gasteiger partial charge in [0.05, 0.1) is 11.6 Å². The van der Waals surface area contributed by atoms with Gasteiger partial charge in [0.25, 0.3) is 0 Å². The van der Waals surface area contributed by atoms with E-state index in [1.165, 1.54) is 11.1 Å². The number of ether oxygens (including phenoxy) is 1. The Morgan fingerprint density at radius 3 is 2.31 bits per heavy atom. The fourth-order valence-electron chi connectivity index (χ4n) is 5.86. The molecular weight excluding hydrogens is 446 g/mol. The molecule has 2 atom stereocenters. The van der Waals surface area contributed by atoms with Gasteiger partial charge in [-0.15, -0.1) is 0 Å². The zero-order valence-electron chi connectivity index (χ0n) is 18.9. The molecule has 174 valence electrons. The summed E-state index contributed by atoms with van der Waals surface area (Å²) in [6.45, 7) is 0.245. The van der Waals surface area contributed by atoms with Gasteiger partial charge in [-0.05, 0) is 59.2 Å². The van der Waals surface area contributed by atoms with Crippen LogP contribution in [-0.2, 0) is 4.74 Å². The van der Waals surface area contributed by atoms with Crippen molar-refractivity contribution < 1.29 is 18.3 Å². The third-order valence-electron chi connectivity index (χ3n) is 7.47. The van der Waals surface area contributed by atoms with Crippen LogP contribution in [0.5, 0.6) is 0 Å². The van der Waals surface area contributed by atoms with Crippen molar-refractivity contribution in [2.24, 2.45) is 0 Å². The number of carbonyl (C=O) groups excluding carboxylic acids is 1. The van der Waals surface area contributed by atoms with E-state index in [9.17, 15) is 13.6 Å². The van der Waals surface area contributed by atoms with Gasteiger partial charge >= 0.3 is 6.09 Å². The van der Waals surface area contributed by atoms with E-state index >= 15 is 0 Å². The van der Waals surface area contributed by atoms with Crippen LogP contribution in [0.15, 0.2) is 66.7 Å². The molecule has 0 saturated carbocycles. The fourth-order valence-corrected chi connectivity index (χ4v) is 5.86. The number of benzene rings is 3. The summed E-state index contributed by atoms with van der Waals surface area (Å²) in [5.41, 5.74) is 5.17. The standard InChI is InChI=1S/C29H22F2N2O2/c30-27-14-25(28(31)13-18(27)15-32)17-11-19-9-10-20(12-17)33(19)29(34)35-16-26-23-7-3-1-5-21(23)22-6-2-4-8-24(22)26/h1-8,11,13-14,19-20,26H,9-10,12,16H2. The zero-order valence-corrected chi connectivity index (χ0v) is 18.9. The van der Waals surface area contributed by atoms with Crippen molar-refractivity contribution in [3.63, 3.8) is 0 Å². The Labute approximate surface area is 202 Å². The molecule has 2 aliphatic heterocycles. The lowest BCUT2D eigenvalue weighted by Gasteiger charge is -2.33. The Hall–Kier alpha value is -3.98. The number of halogens is 2. The van der Waals surface area contributed by atoms with E-state index < -0.39 is 11.6 Å². The summed E-state index contributed by atoms with van der Waals surface area (Å²) in [4.78, 5) is 14.9. The molecule has 6 rings (SSSR count). The third-order valence-corrected chi connectivity index (χ3v) is 7.47. The molecule has 2 unspecified atom stereocenters. The molecule has 3 aliphatic rings. The lowest BCUT2D eigenvalue weighted by molar-refractivity contribution is 0.0866. The summed E-state index contributed by atoms with van der Waals surface area (Å²) < 4.78 is 34.6. The van der Waals surface area contributed by atoms with Crippen LogP contribution < -0.4 is 0 Å². The first-order chi connectivity index (χ1) is 17.0. The van der Waals surface area contributed by atoms with Crippen molar-refractivity contribution in [1.29, 1.82) is 5.26 Å². The lowest BCUT2D eigenvalue weighted by atomic mass is 9.93. The molecule has 1 fully saturated rings. The zero-order chi connectivity index (χ0) is 24.1. The number of nitrogens with zero attached hydrogens (tertiary/aromatic N) is 2. The van der Waals surface area contributed by atoms with Gasteiger partial charge in [-0.2, -0.15) is 5.26 Å². The normalized spacial score (nSPS) is 20.1. The molecule has 2 heterocycles. The molecule has 0 radical (unpaired) electrons. The van der Waals surface area contributed by atoms with Crippen molar-refractivity contribution in [1.82, 2.24) is 4.90 Å². The maximum Gasteiger partial charge on any atom is 0.410 e. The predicted octanol–water partition coefficient (Wildman–Crippen LogP) is 6.41. The number of carbonyl (C=O) groups is 1. The number of hydrogen-bond donors (Lipinski definition) is 0. The molecule has 0 N–H and O–H groups in total. The second-order valence-corrected chi connectivity index (χ2v) is 9.33. The van der Waals surface area contributed by atoms with Gasteiger partial charge in [0.2, 0.25) is 0 Å². The molecule has 35 heavy (non-hydrogen) atoms. The number of fused-ring (bicyclic) bond motifs is 5. The highest BCUT2D eigenvalue weighted by molar-refractivity contribution is 5.79. The highest BCUT2D eigenvalue weighted by Crippen LogP contribution is 2.45. The van der Waals surface area contributed by atoms with Crippen LogP contribution in [0, 0.1) is 23.0 Å². The van der Waals surface area contributed by atoms with Crippen molar-refractivity contribution in [2.75, 3.05) is 6.61 Å². The second kappa shape index (κ2) is 8.35. The SMILES string of the molecule is N#Cc1cc(F)c(C2=CC3CCC(C2)N3C(=O)OCC2c3ccccc3-c3ccccc32)cc1F. The molecule has 6 heteroatoms. The molecule has 0 aromatic heterocycles. The van der Waals surface area contributed by atoms with Crippen LogP contribution >= 0.6 is 0 Å². The number of hydrogen-bond acceptors (Lipinski definition) is 3. The average Bonchev–Trinajstić information content (AvgIpc) is 3.34. The van der Waals surface area contributed by atoms with E-state index in [0.29, 0.717) is 12.0 Å². The summed E-state index contributed by atoms with van der Waals surface area (Å²) in [6.07, 6.45) is 3.41. The Morgan fingerprint density at radius 1 is 0.971 bits per heavy atom. The van der Waals surface area contributed by atoms with E-state index in [2.05, 4.69) is 24.3 Å². The highest BCUT2D eigenvalue weighted by Gasteiger charge is 2.41. The molecule has 1 saturated heterocycles. The van der Waals surface area contributed by atoms with Gasteiger partial charge in [-0.25, -0.2) is 13.6 Å². The molecule has 0 spiro atoms. The molecule has 1 aliphatic carbocycles.